The number of thioether (sulfide) groups is 1. The summed E-state index contributed by atoms with van der Waals surface area (Å²) in [6, 6.07) is 9.70. The maximum atomic E-state index is 7.22. The quantitative estimate of drug-likeness (QED) is 0.325. The van der Waals surface area contributed by atoms with E-state index in [-0.39, 0.29) is 6.10 Å². The number of nitrogens with zero attached hydrogens (tertiary/aromatic N) is 5. The molecule has 2 unspecified atom stereocenters. The van der Waals surface area contributed by atoms with Crippen molar-refractivity contribution in [3.8, 4) is 28.6 Å². The van der Waals surface area contributed by atoms with Crippen LogP contribution in [0.1, 0.15) is 37.9 Å². The summed E-state index contributed by atoms with van der Waals surface area (Å²) in [6.45, 7) is 3.94. The van der Waals surface area contributed by atoms with Gasteiger partial charge in [-0.15, -0.1) is 0 Å². The SMILES string of the molecule is COc1cnc2c(C3(N)C=CC4=C(C3)C3(CCSC(N)=N3)c3cc(-c5ccnc(OC(C)C)c5)ncc3O4)nccc2c1. The molecule has 0 saturated carbocycles. The molecule has 0 fully saturated rings. The minimum Gasteiger partial charge on any atom is -0.495 e. The van der Waals surface area contributed by atoms with Crippen LogP contribution in [-0.4, -0.2) is 44.1 Å². The average molecular weight is 594 g/mol. The molecule has 1 aliphatic carbocycles. The summed E-state index contributed by atoms with van der Waals surface area (Å²) < 4.78 is 17.7. The van der Waals surface area contributed by atoms with Crippen LogP contribution in [0.15, 0.2) is 83.6 Å². The molecule has 3 aliphatic rings. The van der Waals surface area contributed by atoms with Gasteiger partial charge in [0.25, 0.3) is 0 Å². The van der Waals surface area contributed by atoms with Crippen LogP contribution in [0.3, 0.4) is 0 Å². The molecule has 4 N–H and O–H groups in total. The van der Waals surface area contributed by atoms with Crippen molar-refractivity contribution >= 4 is 27.8 Å². The Kier molecular flexibility index (Phi) is 6.59. The summed E-state index contributed by atoms with van der Waals surface area (Å²) in [5.41, 5.74) is 16.8. The number of ether oxygens (including phenoxy) is 3. The number of fused-ring (bicyclic) bond motifs is 4. The van der Waals surface area contributed by atoms with Gasteiger partial charge in [-0.2, -0.15) is 0 Å². The Morgan fingerprint density at radius 2 is 1.91 bits per heavy atom. The highest BCUT2D eigenvalue weighted by Crippen LogP contribution is 2.54. The second-order valence-electron chi connectivity index (χ2n) is 11.1. The lowest BCUT2D eigenvalue weighted by atomic mass is 9.70. The highest BCUT2D eigenvalue weighted by atomic mass is 32.2. The number of nitrogens with two attached hydrogens (primary N) is 2. The Balaban J connectivity index is 1.34. The molecule has 10 nitrogen and oxygen atoms in total. The van der Waals surface area contributed by atoms with Crippen molar-refractivity contribution in [2.75, 3.05) is 12.9 Å². The lowest BCUT2D eigenvalue weighted by Crippen LogP contribution is -2.45. The number of amidine groups is 1. The zero-order chi connectivity index (χ0) is 29.8. The largest absolute Gasteiger partial charge is 0.495 e. The van der Waals surface area contributed by atoms with Crippen LogP contribution in [0.5, 0.6) is 17.4 Å². The molecule has 2 aliphatic heterocycles. The van der Waals surface area contributed by atoms with Gasteiger partial charge in [0.15, 0.2) is 10.9 Å². The van der Waals surface area contributed by atoms with Gasteiger partial charge >= 0.3 is 0 Å². The highest BCUT2D eigenvalue weighted by Gasteiger charge is 2.49. The molecule has 6 heterocycles. The number of aliphatic imine (C=N–C) groups is 1. The van der Waals surface area contributed by atoms with E-state index in [1.54, 1.807) is 43.7 Å². The van der Waals surface area contributed by atoms with Gasteiger partial charge in [0.2, 0.25) is 5.88 Å². The normalized spacial score (nSPS) is 22.7. The molecule has 7 rings (SSSR count). The molecular formula is C32H31N7O3S. The van der Waals surface area contributed by atoms with Crippen LogP contribution in [0, 0.1) is 0 Å². The van der Waals surface area contributed by atoms with Crippen LogP contribution in [0.2, 0.25) is 0 Å². The van der Waals surface area contributed by atoms with Crippen molar-refractivity contribution < 1.29 is 14.2 Å². The molecule has 11 heteroatoms. The van der Waals surface area contributed by atoms with Crippen molar-refractivity contribution in [1.82, 2.24) is 19.9 Å². The summed E-state index contributed by atoms with van der Waals surface area (Å²) in [5.74, 6) is 3.35. The van der Waals surface area contributed by atoms with E-state index >= 15 is 0 Å². The minimum atomic E-state index is -0.966. The topological polar surface area (TPSA) is 144 Å². The molecule has 0 aromatic carbocycles. The van der Waals surface area contributed by atoms with Gasteiger partial charge in [0, 0.05) is 52.7 Å². The molecule has 0 bridgehead atoms. The molecule has 0 amide bonds. The van der Waals surface area contributed by atoms with Gasteiger partial charge in [-0.25, -0.2) is 9.98 Å². The predicted molar refractivity (Wildman–Crippen MR) is 167 cm³/mol. The lowest BCUT2D eigenvalue weighted by molar-refractivity contribution is 0.233. The molecule has 4 aromatic rings. The Labute approximate surface area is 253 Å². The Hall–Kier alpha value is -4.48. The number of allylic oxidation sites excluding steroid dienone is 1. The van der Waals surface area contributed by atoms with Gasteiger partial charge < -0.3 is 25.7 Å². The van der Waals surface area contributed by atoms with Crippen LogP contribution in [-0.2, 0) is 11.1 Å². The molecule has 43 heavy (non-hydrogen) atoms. The number of pyridine rings is 4. The smallest absolute Gasteiger partial charge is 0.214 e. The fourth-order valence-corrected chi connectivity index (χ4v) is 6.84. The van der Waals surface area contributed by atoms with E-state index in [0.29, 0.717) is 40.4 Å². The number of aromatic nitrogens is 4. The molecule has 1 spiro atoms. The summed E-state index contributed by atoms with van der Waals surface area (Å²) >= 11 is 1.55. The van der Waals surface area contributed by atoms with Crippen LogP contribution >= 0.6 is 11.8 Å². The molecule has 4 aromatic heterocycles. The van der Waals surface area contributed by atoms with Gasteiger partial charge in [-0.3, -0.25) is 15.0 Å². The van der Waals surface area contributed by atoms with Crippen molar-refractivity contribution in [3.63, 3.8) is 0 Å². The van der Waals surface area contributed by atoms with E-state index < -0.39 is 11.1 Å². The Morgan fingerprint density at radius 1 is 1.05 bits per heavy atom. The lowest BCUT2D eigenvalue weighted by Gasteiger charge is -2.44. The number of rotatable bonds is 5. The van der Waals surface area contributed by atoms with E-state index in [9.17, 15) is 0 Å². The minimum absolute atomic E-state index is 0.00246. The Morgan fingerprint density at radius 3 is 2.72 bits per heavy atom. The van der Waals surface area contributed by atoms with E-state index in [2.05, 4.69) is 9.97 Å². The summed E-state index contributed by atoms with van der Waals surface area (Å²) in [5, 5.41) is 1.42. The third kappa shape index (κ3) is 4.68. The first-order chi connectivity index (χ1) is 20.8. The summed E-state index contributed by atoms with van der Waals surface area (Å²) in [7, 11) is 1.62. The maximum Gasteiger partial charge on any atom is 0.214 e. The zero-order valence-corrected chi connectivity index (χ0v) is 24.9. The van der Waals surface area contributed by atoms with Crippen LogP contribution in [0.25, 0.3) is 22.2 Å². The molecule has 218 valence electrons. The van der Waals surface area contributed by atoms with Crippen LogP contribution in [0.4, 0.5) is 0 Å². The van der Waals surface area contributed by atoms with Crippen molar-refractivity contribution in [2.45, 2.75) is 43.9 Å². The van der Waals surface area contributed by atoms with E-state index in [0.717, 1.165) is 45.5 Å². The fourth-order valence-electron chi connectivity index (χ4n) is 6.02. The Bertz CT molecular complexity index is 1860. The predicted octanol–water partition coefficient (Wildman–Crippen LogP) is 4.99. The summed E-state index contributed by atoms with van der Waals surface area (Å²) in [4.78, 5) is 23.7. The van der Waals surface area contributed by atoms with E-state index in [4.69, 9.17) is 40.6 Å². The average Bonchev–Trinajstić information content (AvgIpc) is 3.01. The second-order valence-corrected chi connectivity index (χ2v) is 12.2. The third-order valence-electron chi connectivity index (χ3n) is 7.98. The number of hydrogen-bond acceptors (Lipinski definition) is 11. The monoisotopic (exact) mass is 593 g/mol. The van der Waals surface area contributed by atoms with E-state index in [1.807, 2.05) is 56.3 Å². The van der Waals surface area contributed by atoms with E-state index in [1.165, 1.54) is 0 Å². The first kappa shape index (κ1) is 27.4. The highest BCUT2D eigenvalue weighted by molar-refractivity contribution is 8.13. The molecular weight excluding hydrogens is 562 g/mol. The number of methoxy groups -OCH3 is 1. The van der Waals surface area contributed by atoms with Crippen molar-refractivity contribution in [1.29, 1.82) is 0 Å². The van der Waals surface area contributed by atoms with Gasteiger partial charge in [-0.05, 0) is 50.6 Å². The van der Waals surface area contributed by atoms with Gasteiger partial charge in [-0.1, -0.05) is 17.8 Å². The molecule has 0 radical (unpaired) electrons. The maximum absolute atomic E-state index is 7.22. The number of hydrogen-bond donors (Lipinski definition) is 2. The van der Waals surface area contributed by atoms with Gasteiger partial charge in [0.1, 0.15) is 17.0 Å². The summed E-state index contributed by atoms with van der Waals surface area (Å²) in [6.07, 6.45) is 11.9. The first-order valence-corrected chi connectivity index (χ1v) is 15.1. The zero-order valence-electron chi connectivity index (χ0n) is 24.1. The third-order valence-corrected chi connectivity index (χ3v) is 8.78. The molecule has 2 atom stereocenters. The second kappa shape index (κ2) is 10.4. The standard InChI is InChI=1S/C32H31N7O3S/c1-18(2)41-27-13-19(5-9-35-27)24-14-22-26(17-37-24)42-25-4-7-31(34,15-23(25)32(22)8-11-43-30(33)39-32)29-28-20(6-10-36-29)12-21(40-3)16-38-28/h4-7,9-10,12-14,16-18H,8,11,15,34H2,1-3H3,(H2,33,39). The van der Waals surface area contributed by atoms with Crippen LogP contribution < -0.4 is 25.7 Å². The fraction of sp³-hybridized carbons (Fsp3) is 0.281. The van der Waals surface area contributed by atoms with Crippen molar-refractivity contribution in [2.24, 2.45) is 16.5 Å². The first-order valence-electron chi connectivity index (χ1n) is 14.1. The molecule has 0 saturated heterocycles. The van der Waals surface area contributed by atoms with Gasteiger partial charge in [0.05, 0.1) is 48.1 Å². The van der Waals surface area contributed by atoms with Crippen molar-refractivity contribution in [3.05, 3.63) is 89.9 Å².